The van der Waals surface area contributed by atoms with Crippen LogP contribution in [0, 0.1) is 5.82 Å². The molecule has 0 atom stereocenters. The van der Waals surface area contributed by atoms with Crippen LogP contribution in [0.25, 0.3) is 6.08 Å². The maximum absolute atomic E-state index is 13.2. The molecule has 0 aliphatic carbocycles. The maximum atomic E-state index is 13.2. The minimum Gasteiger partial charge on any atom is -0.326 e. The quantitative estimate of drug-likeness (QED) is 0.463. The summed E-state index contributed by atoms with van der Waals surface area (Å²) >= 11 is 6.61. The van der Waals surface area contributed by atoms with E-state index in [1.807, 2.05) is 49.4 Å². The third-order valence-electron chi connectivity index (χ3n) is 4.32. The van der Waals surface area contributed by atoms with E-state index in [4.69, 9.17) is 12.2 Å². The summed E-state index contributed by atoms with van der Waals surface area (Å²) in [5.74, 6) is -0.784. The molecule has 2 amide bonds. The van der Waals surface area contributed by atoms with Crippen LogP contribution in [0.1, 0.15) is 25.3 Å². The average Bonchev–Trinajstić information content (AvgIpc) is 2.96. The van der Waals surface area contributed by atoms with Crippen LogP contribution >= 0.6 is 24.0 Å². The summed E-state index contributed by atoms with van der Waals surface area (Å²) in [5, 5.41) is 2.65. The number of carbonyl (C=O) groups is 2. The van der Waals surface area contributed by atoms with E-state index in [-0.39, 0.29) is 18.2 Å². The summed E-state index contributed by atoms with van der Waals surface area (Å²) in [6.45, 7) is 2.30. The van der Waals surface area contributed by atoms with Gasteiger partial charge in [0.2, 0.25) is 5.91 Å². The minimum atomic E-state index is -0.409. The van der Waals surface area contributed by atoms with Crippen LogP contribution < -0.4 is 5.32 Å². The molecule has 0 unspecified atom stereocenters. The van der Waals surface area contributed by atoms with Crippen molar-refractivity contribution in [2.24, 2.45) is 0 Å². The number of rotatable bonds is 7. The number of halogens is 1. The van der Waals surface area contributed by atoms with Crippen molar-refractivity contribution in [1.29, 1.82) is 0 Å². The molecule has 30 heavy (non-hydrogen) atoms. The van der Waals surface area contributed by atoms with Gasteiger partial charge in [0.25, 0.3) is 5.91 Å². The van der Waals surface area contributed by atoms with Crippen molar-refractivity contribution < 1.29 is 14.0 Å². The SMILES string of the molecule is CC(=Cc1ccccc1)C=C1SC(=S)N(CCCC(=O)Nc2cccc(F)c2)C1=O. The fourth-order valence-corrected chi connectivity index (χ4v) is 4.30. The second-order valence-electron chi connectivity index (χ2n) is 6.79. The highest BCUT2D eigenvalue weighted by atomic mass is 32.2. The molecule has 154 valence electrons. The Kier molecular flexibility index (Phi) is 7.54. The summed E-state index contributed by atoms with van der Waals surface area (Å²) in [5.41, 5.74) is 2.43. The second-order valence-corrected chi connectivity index (χ2v) is 8.47. The first-order valence-corrected chi connectivity index (χ1v) is 10.7. The van der Waals surface area contributed by atoms with Gasteiger partial charge in [0.1, 0.15) is 10.1 Å². The zero-order chi connectivity index (χ0) is 21.5. The molecule has 1 N–H and O–H groups in total. The molecule has 1 aliphatic rings. The molecule has 1 fully saturated rings. The number of thiocarbonyl (C=S) groups is 1. The standard InChI is InChI=1S/C23H21FN2O2S2/c1-16(13-17-7-3-2-4-8-17)14-20-22(28)26(23(29)30-20)12-6-11-21(27)25-19-10-5-9-18(24)15-19/h2-5,7-10,13-15H,6,11-12H2,1H3,(H,25,27). The largest absolute Gasteiger partial charge is 0.326 e. The van der Waals surface area contributed by atoms with E-state index < -0.39 is 5.82 Å². The molecule has 4 nitrogen and oxygen atoms in total. The molecule has 0 aromatic heterocycles. The van der Waals surface area contributed by atoms with E-state index >= 15 is 0 Å². The van der Waals surface area contributed by atoms with Gasteiger partial charge >= 0.3 is 0 Å². The molecule has 0 bridgehead atoms. The van der Waals surface area contributed by atoms with Crippen LogP contribution in [0.15, 0.2) is 71.2 Å². The third kappa shape index (κ3) is 6.11. The summed E-state index contributed by atoms with van der Waals surface area (Å²) in [4.78, 5) is 26.8. The van der Waals surface area contributed by atoms with Crippen molar-refractivity contribution in [3.05, 3.63) is 82.5 Å². The Labute approximate surface area is 184 Å². The number of nitrogens with one attached hydrogen (secondary N) is 1. The van der Waals surface area contributed by atoms with Gasteiger partial charge in [0.05, 0.1) is 4.91 Å². The highest BCUT2D eigenvalue weighted by Crippen LogP contribution is 2.32. The molecule has 3 rings (SSSR count). The Morgan fingerprint density at radius 2 is 1.97 bits per heavy atom. The molecule has 2 aromatic carbocycles. The molecule has 1 heterocycles. The fraction of sp³-hybridized carbons (Fsp3) is 0.174. The smallest absolute Gasteiger partial charge is 0.266 e. The first kappa shape index (κ1) is 21.9. The minimum absolute atomic E-state index is 0.142. The Hall–Kier alpha value is -2.77. The number of benzene rings is 2. The zero-order valence-electron chi connectivity index (χ0n) is 16.4. The lowest BCUT2D eigenvalue weighted by Gasteiger charge is -2.14. The Morgan fingerprint density at radius 1 is 1.20 bits per heavy atom. The lowest BCUT2D eigenvalue weighted by Crippen LogP contribution is -2.29. The first-order valence-electron chi connectivity index (χ1n) is 9.46. The van der Waals surface area contributed by atoms with Crippen molar-refractivity contribution >= 4 is 51.9 Å². The molecule has 0 saturated carbocycles. The van der Waals surface area contributed by atoms with Crippen molar-refractivity contribution in [2.75, 3.05) is 11.9 Å². The van der Waals surface area contributed by atoms with Gasteiger partial charge in [0, 0.05) is 18.7 Å². The van der Waals surface area contributed by atoms with E-state index in [2.05, 4.69) is 5.32 Å². The molecular weight excluding hydrogens is 419 g/mol. The van der Waals surface area contributed by atoms with Crippen LogP contribution in [0.3, 0.4) is 0 Å². The third-order valence-corrected chi connectivity index (χ3v) is 5.70. The van der Waals surface area contributed by atoms with Crippen LogP contribution in [-0.4, -0.2) is 27.6 Å². The van der Waals surface area contributed by atoms with Gasteiger partial charge in [0.15, 0.2) is 0 Å². The van der Waals surface area contributed by atoms with E-state index in [9.17, 15) is 14.0 Å². The zero-order valence-corrected chi connectivity index (χ0v) is 18.1. The molecule has 1 aliphatic heterocycles. The number of carbonyl (C=O) groups excluding carboxylic acids is 2. The fourth-order valence-electron chi connectivity index (χ4n) is 2.94. The molecule has 2 aromatic rings. The van der Waals surface area contributed by atoms with Gasteiger partial charge in [-0.2, -0.15) is 0 Å². The Morgan fingerprint density at radius 3 is 2.70 bits per heavy atom. The van der Waals surface area contributed by atoms with Crippen LogP contribution in [0.2, 0.25) is 0 Å². The lowest BCUT2D eigenvalue weighted by molar-refractivity contribution is -0.122. The Balaban J connectivity index is 1.53. The molecule has 0 radical (unpaired) electrons. The van der Waals surface area contributed by atoms with Crippen LogP contribution in [0.4, 0.5) is 10.1 Å². The number of hydrogen-bond acceptors (Lipinski definition) is 4. The number of amides is 2. The normalized spacial score (nSPS) is 15.7. The molecule has 7 heteroatoms. The Bertz CT molecular complexity index is 1020. The van der Waals surface area contributed by atoms with Crippen molar-refractivity contribution in [3.63, 3.8) is 0 Å². The van der Waals surface area contributed by atoms with E-state index in [1.165, 1.54) is 34.9 Å². The maximum Gasteiger partial charge on any atom is 0.266 e. The summed E-state index contributed by atoms with van der Waals surface area (Å²) < 4.78 is 13.7. The van der Waals surface area contributed by atoms with E-state index in [1.54, 1.807) is 6.07 Å². The van der Waals surface area contributed by atoms with Gasteiger partial charge in [-0.05, 0) is 48.8 Å². The van der Waals surface area contributed by atoms with Gasteiger partial charge in [-0.1, -0.05) is 66.5 Å². The second kappa shape index (κ2) is 10.3. The van der Waals surface area contributed by atoms with Crippen LogP contribution in [0.5, 0.6) is 0 Å². The van der Waals surface area contributed by atoms with Gasteiger partial charge in [-0.25, -0.2) is 4.39 Å². The van der Waals surface area contributed by atoms with Gasteiger partial charge in [-0.15, -0.1) is 0 Å². The van der Waals surface area contributed by atoms with Gasteiger partial charge < -0.3 is 5.32 Å². The summed E-state index contributed by atoms with van der Waals surface area (Å²) in [7, 11) is 0. The van der Waals surface area contributed by atoms with Gasteiger partial charge in [-0.3, -0.25) is 14.5 Å². The predicted molar refractivity (Wildman–Crippen MR) is 124 cm³/mol. The predicted octanol–water partition coefficient (Wildman–Crippen LogP) is 5.39. The number of anilines is 1. The van der Waals surface area contributed by atoms with Crippen molar-refractivity contribution in [1.82, 2.24) is 4.90 Å². The highest BCUT2D eigenvalue weighted by Gasteiger charge is 2.31. The van der Waals surface area contributed by atoms with Crippen molar-refractivity contribution in [2.45, 2.75) is 19.8 Å². The highest BCUT2D eigenvalue weighted by molar-refractivity contribution is 8.26. The monoisotopic (exact) mass is 440 g/mol. The molecular formula is C23H21FN2O2S2. The van der Waals surface area contributed by atoms with E-state index in [0.717, 1.165) is 11.1 Å². The number of hydrogen-bond donors (Lipinski definition) is 1. The first-order chi connectivity index (χ1) is 14.4. The number of allylic oxidation sites excluding steroid dienone is 2. The van der Waals surface area contributed by atoms with Crippen molar-refractivity contribution in [3.8, 4) is 0 Å². The summed E-state index contributed by atoms with van der Waals surface area (Å²) in [6.07, 6.45) is 4.51. The van der Waals surface area contributed by atoms with E-state index in [0.29, 0.717) is 27.9 Å². The lowest BCUT2D eigenvalue weighted by atomic mass is 10.1. The van der Waals surface area contributed by atoms with Crippen LogP contribution in [-0.2, 0) is 9.59 Å². The number of thioether (sulfide) groups is 1. The molecule has 1 saturated heterocycles. The average molecular weight is 441 g/mol. The molecule has 0 spiro atoms. The topological polar surface area (TPSA) is 49.4 Å². The summed E-state index contributed by atoms with van der Waals surface area (Å²) in [6, 6.07) is 15.6. The number of nitrogens with zero attached hydrogens (tertiary/aromatic N) is 1.